The topological polar surface area (TPSA) is 109 Å². The number of aromatic nitrogens is 5. The summed E-state index contributed by atoms with van der Waals surface area (Å²) in [6.45, 7) is 5.68. The summed E-state index contributed by atoms with van der Waals surface area (Å²) in [5, 5.41) is 20.0. The number of nitrogens with zero attached hydrogens (tertiary/aromatic N) is 5. The van der Waals surface area contributed by atoms with E-state index in [0.717, 1.165) is 54.8 Å². The van der Waals surface area contributed by atoms with Crippen molar-refractivity contribution in [1.82, 2.24) is 30.7 Å². The van der Waals surface area contributed by atoms with Crippen LogP contribution in [0.1, 0.15) is 12.1 Å². The molecule has 0 amide bonds. The Hall–Kier alpha value is -2.74. The van der Waals surface area contributed by atoms with Crippen LogP contribution in [0.2, 0.25) is 0 Å². The molecule has 0 saturated carbocycles. The van der Waals surface area contributed by atoms with E-state index in [1.165, 1.54) is 0 Å². The number of fused-ring (bicyclic) bond motifs is 1. The summed E-state index contributed by atoms with van der Waals surface area (Å²) in [5.74, 6) is 1.67. The Labute approximate surface area is 139 Å². The van der Waals surface area contributed by atoms with Gasteiger partial charge < -0.3 is 16.0 Å². The number of hydrogen-bond donors (Lipinski definition) is 3. The Morgan fingerprint density at radius 2 is 2.08 bits per heavy atom. The molecule has 1 aliphatic heterocycles. The maximum atomic E-state index is 6.03. The molecule has 0 spiro atoms. The van der Waals surface area contributed by atoms with Crippen LogP contribution >= 0.6 is 0 Å². The number of nitrogens with one attached hydrogen (secondary N) is 2. The van der Waals surface area contributed by atoms with Crippen LogP contribution < -0.4 is 16.0 Å². The van der Waals surface area contributed by atoms with Gasteiger partial charge in [0.15, 0.2) is 17.5 Å². The normalized spacial score (nSPS) is 15.6. The zero-order chi connectivity index (χ0) is 16.5. The summed E-state index contributed by atoms with van der Waals surface area (Å²) in [7, 11) is 0. The van der Waals surface area contributed by atoms with Gasteiger partial charge in [-0.15, -0.1) is 10.2 Å². The lowest BCUT2D eigenvalue weighted by Gasteiger charge is -2.22. The van der Waals surface area contributed by atoms with Gasteiger partial charge in [0.2, 0.25) is 0 Å². The molecular formula is C16H20N8. The van der Waals surface area contributed by atoms with Crippen molar-refractivity contribution in [3.8, 4) is 11.4 Å². The van der Waals surface area contributed by atoms with Gasteiger partial charge in [-0.2, -0.15) is 5.10 Å². The minimum atomic E-state index is 0.376. The Morgan fingerprint density at radius 1 is 1.17 bits per heavy atom. The molecule has 8 heteroatoms. The number of hydrogen-bond acceptors (Lipinski definition) is 7. The maximum absolute atomic E-state index is 6.03. The van der Waals surface area contributed by atoms with E-state index in [0.29, 0.717) is 17.5 Å². The predicted molar refractivity (Wildman–Crippen MR) is 93.8 cm³/mol. The summed E-state index contributed by atoms with van der Waals surface area (Å²) in [5.41, 5.74) is 8.90. The van der Waals surface area contributed by atoms with Gasteiger partial charge in [-0.3, -0.25) is 5.10 Å². The molecule has 0 bridgehead atoms. The largest absolute Gasteiger partial charge is 0.379 e. The lowest BCUT2D eigenvalue weighted by molar-refractivity contribution is 0.724. The predicted octanol–water partition coefficient (Wildman–Crippen LogP) is 1.11. The molecule has 3 aromatic rings. The fraction of sp³-hybridized carbons (Fsp3) is 0.375. The minimum Gasteiger partial charge on any atom is -0.379 e. The zero-order valence-electron chi connectivity index (χ0n) is 13.6. The zero-order valence-corrected chi connectivity index (χ0v) is 13.6. The van der Waals surface area contributed by atoms with E-state index in [4.69, 9.17) is 10.7 Å². The second-order valence-corrected chi connectivity index (χ2v) is 6.00. The van der Waals surface area contributed by atoms with E-state index < -0.39 is 0 Å². The molecule has 0 radical (unpaired) electrons. The molecular weight excluding hydrogens is 304 g/mol. The SMILES string of the molecule is Cc1n[nH]c2ccc(-c3nnc(N)c(N4CCCNCC4)n3)cc12. The Bertz CT molecular complexity index is 864. The van der Waals surface area contributed by atoms with Crippen LogP contribution in [0.3, 0.4) is 0 Å². The quantitative estimate of drug-likeness (QED) is 0.648. The summed E-state index contributed by atoms with van der Waals surface area (Å²) in [6, 6.07) is 6.00. The van der Waals surface area contributed by atoms with Gasteiger partial charge in [-0.25, -0.2) is 4.98 Å². The molecule has 24 heavy (non-hydrogen) atoms. The lowest BCUT2D eigenvalue weighted by Crippen LogP contribution is -2.30. The fourth-order valence-electron chi connectivity index (χ4n) is 3.02. The van der Waals surface area contributed by atoms with E-state index in [1.807, 2.05) is 25.1 Å². The minimum absolute atomic E-state index is 0.376. The van der Waals surface area contributed by atoms with Crippen molar-refractivity contribution in [1.29, 1.82) is 0 Å². The second kappa shape index (κ2) is 6.04. The molecule has 0 unspecified atom stereocenters. The molecule has 1 aliphatic rings. The van der Waals surface area contributed by atoms with E-state index in [2.05, 4.69) is 30.6 Å². The number of aromatic amines is 1. The summed E-state index contributed by atoms with van der Waals surface area (Å²) in [6.07, 6.45) is 1.05. The van der Waals surface area contributed by atoms with Crippen LogP contribution in [0.4, 0.5) is 11.6 Å². The molecule has 1 saturated heterocycles. The molecule has 1 fully saturated rings. The number of benzene rings is 1. The molecule has 4 rings (SSSR count). The standard InChI is InChI=1S/C16H20N8/c1-10-12-9-11(3-4-13(12)21-20-10)15-19-16(14(17)22-23-15)24-7-2-5-18-6-8-24/h3-4,9,18H,2,5-8H2,1H3,(H2,17,22)(H,20,21). The molecule has 2 aromatic heterocycles. The Balaban J connectivity index is 1.74. The number of rotatable bonds is 2. The number of aryl methyl sites for hydroxylation is 1. The van der Waals surface area contributed by atoms with Gasteiger partial charge in [0.05, 0.1) is 11.2 Å². The first kappa shape index (κ1) is 14.8. The third-order valence-corrected chi connectivity index (χ3v) is 4.34. The molecule has 124 valence electrons. The molecule has 8 nitrogen and oxygen atoms in total. The maximum Gasteiger partial charge on any atom is 0.189 e. The number of nitrogens with two attached hydrogens (primary N) is 1. The third kappa shape index (κ3) is 2.65. The highest BCUT2D eigenvalue weighted by Gasteiger charge is 2.17. The van der Waals surface area contributed by atoms with Crippen LogP contribution in [-0.4, -0.2) is 51.6 Å². The number of H-pyrrole nitrogens is 1. The second-order valence-electron chi connectivity index (χ2n) is 6.00. The highest BCUT2D eigenvalue weighted by atomic mass is 15.3. The molecule has 1 aromatic carbocycles. The van der Waals surface area contributed by atoms with Crippen molar-refractivity contribution < 1.29 is 0 Å². The van der Waals surface area contributed by atoms with Crippen molar-refractivity contribution in [2.75, 3.05) is 36.8 Å². The Kier molecular flexibility index (Phi) is 3.73. The highest BCUT2D eigenvalue weighted by Crippen LogP contribution is 2.25. The first-order chi connectivity index (χ1) is 11.7. The summed E-state index contributed by atoms with van der Waals surface area (Å²) >= 11 is 0. The molecule has 0 aliphatic carbocycles. The van der Waals surface area contributed by atoms with Crippen LogP contribution in [-0.2, 0) is 0 Å². The van der Waals surface area contributed by atoms with Crippen LogP contribution in [0.25, 0.3) is 22.3 Å². The average molecular weight is 324 g/mol. The van der Waals surface area contributed by atoms with E-state index >= 15 is 0 Å². The van der Waals surface area contributed by atoms with Gasteiger partial charge in [0.1, 0.15) is 0 Å². The summed E-state index contributed by atoms with van der Waals surface area (Å²) in [4.78, 5) is 6.87. The molecule has 3 heterocycles. The van der Waals surface area contributed by atoms with Crippen molar-refractivity contribution in [3.63, 3.8) is 0 Å². The first-order valence-electron chi connectivity index (χ1n) is 8.13. The lowest BCUT2D eigenvalue weighted by atomic mass is 10.1. The first-order valence-corrected chi connectivity index (χ1v) is 8.13. The van der Waals surface area contributed by atoms with Crippen molar-refractivity contribution in [3.05, 3.63) is 23.9 Å². The Morgan fingerprint density at radius 3 is 3.00 bits per heavy atom. The van der Waals surface area contributed by atoms with E-state index in [-0.39, 0.29) is 0 Å². The van der Waals surface area contributed by atoms with E-state index in [1.54, 1.807) is 0 Å². The fourth-order valence-corrected chi connectivity index (χ4v) is 3.02. The van der Waals surface area contributed by atoms with Gasteiger partial charge in [-0.05, 0) is 38.1 Å². The number of nitrogen functional groups attached to an aromatic ring is 1. The van der Waals surface area contributed by atoms with Crippen molar-refractivity contribution in [2.45, 2.75) is 13.3 Å². The summed E-state index contributed by atoms with van der Waals surface area (Å²) < 4.78 is 0. The van der Waals surface area contributed by atoms with Crippen molar-refractivity contribution >= 4 is 22.5 Å². The third-order valence-electron chi connectivity index (χ3n) is 4.34. The smallest absolute Gasteiger partial charge is 0.189 e. The van der Waals surface area contributed by atoms with Gasteiger partial charge in [-0.1, -0.05) is 0 Å². The monoisotopic (exact) mass is 324 g/mol. The molecule has 4 N–H and O–H groups in total. The van der Waals surface area contributed by atoms with Crippen LogP contribution in [0.15, 0.2) is 18.2 Å². The van der Waals surface area contributed by atoms with Gasteiger partial charge in [0, 0.05) is 30.6 Å². The van der Waals surface area contributed by atoms with Crippen molar-refractivity contribution in [2.24, 2.45) is 0 Å². The van der Waals surface area contributed by atoms with Gasteiger partial charge in [0.25, 0.3) is 0 Å². The molecule has 0 atom stereocenters. The van der Waals surface area contributed by atoms with Gasteiger partial charge >= 0.3 is 0 Å². The van der Waals surface area contributed by atoms with Crippen LogP contribution in [0.5, 0.6) is 0 Å². The van der Waals surface area contributed by atoms with E-state index in [9.17, 15) is 0 Å². The highest BCUT2D eigenvalue weighted by molar-refractivity contribution is 5.85. The average Bonchev–Trinajstić information content (AvgIpc) is 2.81. The van der Waals surface area contributed by atoms with Crippen LogP contribution in [0, 0.1) is 6.92 Å². The number of anilines is 2.